The van der Waals surface area contributed by atoms with Crippen molar-refractivity contribution in [2.75, 3.05) is 0 Å². The van der Waals surface area contributed by atoms with E-state index < -0.39 is 0 Å². The molecule has 19 heavy (non-hydrogen) atoms. The standard InChI is InChI=1S/C12H17N5OS/c1-6-9-11(16(3)15-6)17(12(19)14-9)7(2)10(18)13-8-4-5-8/h7-8H,4-5H2,1-3H3,(H,13,18)(H,14,19). The van der Waals surface area contributed by atoms with E-state index in [1.807, 2.05) is 25.5 Å². The number of fused-ring (bicyclic) bond motifs is 1. The van der Waals surface area contributed by atoms with Crippen LogP contribution in [0.3, 0.4) is 0 Å². The van der Waals surface area contributed by atoms with E-state index in [0.29, 0.717) is 10.8 Å². The molecule has 1 fully saturated rings. The monoisotopic (exact) mass is 279 g/mol. The molecule has 1 unspecified atom stereocenters. The predicted molar refractivity (Wildman–Crippen MR) is 74.5 cm³/mol. The quantitative estimate of drug-likeness (QED) is 0.838. The van der Waals surface area contributed by atoms with Crippen LogP contribution in [0, 0.1) is 11.7 Å². The molecule has 0 aliphatic heterocycles. The number of aryl methyl sites for hydroxylation is 2. The second kappa shape index (κ2) is 4.19. The maximum atomic E-state index is 12.2. The Morgan fingerprint density at radius 2 is 2.26 bits per heavy atom. The first kappa shape index (κ1) is 12.4. The van der Waals surface area contributed by atoms with Gasteiger partial charge in [-0.1, -0.05) is 0 Å². The average molecular weight is 279 g/mol. The number of amides is 1. The highest BCUT2D eigenvalue weighted by molar-refractivity contribution is 7.71. The van der Waals surface area contributed by atoms with Gasteiger partial charge < -0.3 is 10.3 Å². The largest absolute Gasteiger partial charge is 0.352 e. The summed E-state index contributed by atoms with van der Waals surface area (Å²) >= 11 is 5.34. The maximum absolute atomic E-state index is 12.2. The van der Waals surface area contributed by atoms with Crippen LogP contribution < -0.4 is 5.32 Å². The Morgan fingerprint density at radius 3 is 2.89 bits per heavy atom. The van der Waals surface area contributed by atoms with Crippen molar-refractivity contribution in [3.8, 4) is 0 Å². The highest BCUT2D eigenvalue weighted by atomic mass is 32.1. The van der Waals surface area contributed by atoms with Crippen LogP contribution in [0.1, 0.15) is 31.5 Å². The van der Waals surface area contributed by atoms with E-state index in [4.69, 9.17) is 12.2 Å². The van der Waals surface area contributed by atoms with E-state index in [9.17, 15) is 4.79 Å². The van der Waals surface area contributed by atoms with Crippen molar-refractivity contribution in [2.24, 2.45) is 7.05 Å². The number of nitrogens with zero attached hydrogens (tertiary/aromatic N) is 3. The van der Waals surface area contributed by atoms with Gasteiger partial charge in [-0.15, -0.1) is 0 Å². The summed E-state index contributed by atoms with van der Waals surface area (Å²) in [6.45, 7) is 3.79. The third kappa shape index (κ3) is 1.98. The molecule has 2 N–H and O–H groups in total. The van der Waals surface area contributed by atoms with Crippen LogP contribution in [-0.2, 0) is 11.8 Å². The summed E-state index contributed by atoms with van der Waals surface area (Å²) in [4.78, 5) is 15.3. The Labute approximate surface area is 115 Å². The molecule has 2 aromatic heterocycles. The first-order valence-corrected chi connectivity index (χ1v) is 6.84. The van der Waals surface area contributed by atoms with E-state index in [1.54, 1.807) is 4.68 Å². The van der Waals surface area contributed by atoms with Crippen molar-refractivity contribution in [2.45, 2.75) is 38.8 Å². The highest BCUT2D eigenvalue weighted by Gasteiger charge is 2.28. The molecular weight excluding hydrogens is 262 g/mol. The van der Waals surface area contributed by atoms with Crippen molar-refractivity contribution >= 4 is 29.3 Å². The van der Waals surface area contributed by atoms with Gasteiger partial charge in [-0.2, -0.15) is 5.10 Å². The van der Waals surface area contributed by atoms with Crippen molar-refractivity contribution in [3.63, 3.8) is 0 Å². The van der Waals surface area contributed by atoms with Gasteiger partial charge in [-0.3, -0.25) is 14.0 Å². The van der Waals surface area contributed by atoms with Crippen molar-refractivity contribution in [3.05, 3.63) is 10.5 Å². The predicted octanol–water partition coefficient (Wildman–Crippen LogP) is 1.58. The number of imidazole rings is 1. The van der Waals surface area contributed by atoms with Crippen molar-refractivity contribution in [1.82, 2.24) is 24.6 Å². The van der Waals surface area contributed by atoms with Crippen LogP contribution in [0.15, 0.2) is 0 Å². The third-order valence-corrected chi connectivity index (χ3v) is 3.86. The number of aromatic nitrogens is 4. The van der Waals surface area contributed by atoms with Crippen LogP contribution in [0.2, 0.25) is 0 Å². The fourth-order valence-electron chi connectivity index (χ4n) is 2.36. The minimum atomic E-state index is -0.336. The zero-order valence-electron chi connectivity index (χ0n) is 11.2. The smallest absolute Gasteiger partial charge is 0.243 e. The summed E-state index contributed by atoms with van der Waals surface area (Å²) in [6.07, 6.45) is 2.16. The van der Waals surface area contributed by atoms with E-state index in [0.717, 1.165) is 29.7 Å². The molecular formula is C12H17N5OS. The van der Waals surface area contributed by atoms with Gasteiger partial charge in [0.05, 0.1) is 5.69 Å². The lowest BCUT2D eigenvalue weighted by molar-refractivity contribution is -0.123. The van der Waals surface area contributed by atoms with Gasteiger partial charge in [-0.25, -0.2) is 0 Å². The Morgan fingerprint density at radius 1 is 1.58 bits per heavy atom. The minimum absolute atomic E-state index is 0.0124. The summed E-state index contributed by atoms with van der Waals surface area (Å²) in [6, 6.07) is 0.0171. The lowest BCUT2D eigenvalue weighted by atomic mass is 10.3. The molecule has 0 spiro atoms. The molecule has 102 valence electrons. The number of H-pyrrole nitrogens is 1. The molecule has 7 heteroatoms. The average Bonchev–Trinajstić information content (AvgIpc) is 3.02. The molecule has 1 atom stereocenters. The summed E-state index contributed by atoms with van der Waals surface area (Å²) in [5, 5.41) is 7.36. The van der Waals surface area contributed by atoms with Gasteiger partial charge >= 0.3 is 0 Å². The molecule has 0 aromatic carbocycles. The zero-order valence-corrected chi connectivity index (χ0v) is 12.0. The van der Waals surface area contributed by atoms with Gasteiger partial charge in [0.1, 0.15) is 11.6 Å². The lowest BCUT2D eigenvalue weighted by Gasteiger charge is -2.14. The van der Waals surface area contributed by atoms with E-state index in [-0.39, 0.29) is 11.9 Å². The molecule has 0 bridgehead atoms. The molecule has 1 amide bonds. The van der Waals surface area contributed by atoms with Gasteiger partial charge in [-0.05, 0) is 38.9 Å². The number of carbonyl (C=O) groups excluding carboxylic acids is 1. The van der Waals surface area contributed by atoms with Crippen molar-refractivity contribution in [1.29, 1.82) is 0 Å². The Kier molecular flexibility index (Phi) is 2.74. The van der Waals surface area contributed by atoms with Crippen LogP contribution in [0.25, 0.3) is 11.2 Å². The molecule has 1 aliphatic carbocycles. The van der Waals surface area contributed by atoms with Crippen molar-refractivity contribution < 1.29 is 4.79 Å². The zero-order chi connectivity index (χ0) is 13.7. The molecule has 2 heterocycles. The molecule has 3 rings (SSSR count). The fraction of sp³-hybridized carbons (Fsp3) is 0.583. The molecule has 1 aliphatic rings. The summed E-state index contributed by atoms with van der Waals surface area (Å²) < 4.78 is 4.16. The lowest BCUT2D eigenvalue weighted by Crippen LogP contribution is -2.32. The van der Waals surface area contributed by atoms with Crippen LogP contribution in [0.5, 0.6) is 0 Å². The van der Waals surface area contributed by atoms with Gasteiger partial charge in [0.25, 0.3) is 0 Å². The molecule has 0 radical (unpaired) electrons. The molecule has 1 saturated carbocycles. The number of carbonyl (C=O) groups is 1. The van der Waals surface area contributed by atoms with Crippen LogP contribution >= 0.6 is 12.2 Å². The third-order valence-electron chi connectivity index (χ3n) is 3.56. The first-order valence-electron chi connectivity index (χ1n) is 6.43. The number of nitrogens with one attached hydrogen (secondary N) is 2. The second-order valence-electron chi connectivity index (χ2n) is 5.17. The summed E-state index contributed by atoms with van der Waals surface area (Å²) in [7, 11) is 1.86. The highest BCUT2D eigenvalue weighted by Crippen LogP contribution is 2.23. The van der Waals surface area contributed by atoms with Gasteiger partial charge in [0.15, 0.2) is 10.4 Å². The van der Waals surface area contributed by atoms with E-state index >= 15 is 0 Å². The Bertz CT molecular complexity index is 706. The number of hydrogen-bond acceptors (Lipinski definition) is 3. The molecule has 2 aromatic rings. The van der Waals surface area contributed by atoms with Crippen LogP contribution in [0.4, 0.5) is 0 Å². The first-order chi connectivity index (χ1) is 8.99. The minimum Gasteiger partial charge on any atom is -0.352 e. The Balaban J connectivity index is 2.05. The normalized spacial score (nSPS) is 16.8. The summed E-state index contributed by atoms with van der Waals surface area (Å²) in [5.41, 5.74) is 2.65. The number of aromatic amines is 1. The van der Waals surface area contributed by atoms with E-state index in [1.165, 1.54) is 0 Å². The van der Waals surface area contributed by atoms with Crippen LogP contribution in [-0.4, -0.2) is 31.3 Å². The van der Waals surface area contributed by atoms with Gasteiger partial charge in [0, 0.05) is 13.1 Å². The van der Waals surface area contributed by atoms with Gasteiger partial charge in [0.2, 0.25) is 5.91 Å². The maximum Gasteiger partial charge on any atom is 0.243 e. The molecule has 0 saturated heterocycles. The van der Waals surface area contributed by atoms with E-state index in [2.05, 4.69) is 15.4 Å². The number of hydrogen-bond donors (Lipinski definition) is 2. The number of rotatable bonds is 3. The fourth-order valence-corrected chi connectivity index (χ4v) is 2.70. The molecule has 6 nitrogen and oxygen atoms in total. The Hall–Kier alpha value is -1.63. The summed E-state index contributed by atoms with van der Waals surface area (Å²) in [5.74, 6) is 0.0124. The SMILES string of the molecule is Cc1nn(C)c2c1[nH]c(=S)n2C(C)C(=O)NC1CC1. The second-order valence-corrected chi connectivity index (χ2v) is 5.55. The topological polar surface area (TPSA) is 67.6 Å².